The molecule has 0 aliphatic rings. The summed E-state index contributed by atoms with van der Waals surface area (Å²) in [5.74, 6) is -1.03. The summed E-state index contributed by atoms with van der Waals surface area (Å²) < 4.78 is 16.8. The minimum atomic E-state index is -0.834. The van der Waals surface area contributed by atoms with Crippen molar-refractivity contribution in [2.75, 3.05) is 13.2 Å². The van der Waals surface area contributed by atoms with Crippen molar-refractivity contribution in [3.63, 3.8) is 0 Å². The molecule has 0 saturated heterocycles. The van der Waals surface area contributed by atoms with Gasteiger partial charge in [0.15, 0.2) is 6.10 Å². The maximum absolute atomic E-state index is 12.9. The Morgan fingerprint density at radius 1 is 0.266 bits per heavy atom. The first-order valence-electron chi connectivity index (χ1n) is 31.3. The third-order valence-corrected chi connectivity index (χ3v) is 12.4. The molecule has 0 bridgehead atoms. The Labute approximate surface area is 484 Å². The van der Waals surface area contributed by atoms with Crippen LogP contribution in [0.25, 0.3) is 0 Å². The average Bonchev–Trinajstić information content (AvgIpc) is 3.45. The molecule has 0 aliphatic heterocycles. The van der Waals surface area contributed by atoms with Crippen LogP contribution in [0.15, 0.2) is 182 Å². The molecule has 79 heavy (non-hydrogen) atoms. The Morgan fingerprint density at radius 3 is 0.823 bits per heavy atom. The fraction of sp³-hybridized carbons (Fsp3) is 0.548. The SMILES string of the molecule is CC/C=C\C/C=C\C/C=C\C/C=C\C/C=C\C/C=C\C/C=C\CCCC(=O)OCC(COC(=O)CCCCCCC/C=C\C/C=C\CCCCC)OC(=O)CCCCCC/C=C\C/C=C\C/C=C\C/C=C\C/C=C\C/C=C\CC. The van der Waals surface area contributed by atoms with E-state index in [1.165, 1.54) is 25.7 Å². The molecule has 0 aromatic heterocycles. The number of unbranched alkanes of at least 4 members (excludes halogenated alkanes) is 13. The van der Waals surface area contributed by atoms with Gasteiger partial charge < -0.3 is 14.2 Å². The summed E-state index contributed by atoms with van der Waals surface area (Å²) >= 11 is 0. The fourth-order valence-corrected chi connectivity index (χ4v) is 7.76. The van der Waals surface area contributed by atoms with E-state index in [9.17, 15) is 14.4 Å². The minimum absolute atomic E-state index is 0.124. The van der Waals surface area contributed by atoms with Gasteiger partial charge in [0.05, 0.1) is 0 Å². The molecule has 1 atom stereocenters. The molecule has 0 aromatic rings. The number of hydrogen-bond acceptors (Lipinski definition) is 6. The van der Waals surface area contributed by atoms with Crippen LogP contribution in [0, 0.1) is 0 Å². The Balaban J connectivity index is 4.59. The molecule has 0 aliphatic carbocycles. The summed E-state index contributed by atoms with van der Waals surface area (Å²) in [5.41, 5.74) is 0. The Morgan fingerprint density at radius 2 is 0.506 bits per heavy atom. The molecule has 0 radical (unpaired) electrons. The predicted octanol–water partition coefficient (Wildman–Crippen LogP) is 21.7. The molecule has 0 saturated carbocycles. The van der Waals surface area contributed by atoms with Crippen molar-refractivity contribution in [2.45, 2.75) is 245 Å². The van der Waals surface area contributed by atoms with E-state index in [-0.39, 0.29) is 44.0 Å². The van der Waals surface area contributed by atoms with Gasteiger partial charge in [0.25, 0.3) is 0 Å². The maximum atomic E-state index is 12.9. The van der Waals surface area contributed by atoms with Crippen molar-refractivity contribution in [2.24, 2.45) is 0 Å². The highest BCUT2D eigenvalue weighted by Crippen LogP contribution is 2.12. The lowest BCUT2D eigenvalue weighted by Crippen LogP contribution is -2.30. The van der Waals surface area contributed by atoms with Crippen LogP contribution in [0.2, 0.25) is 0 Å². The number of hydrogen-bond donors (Lipinski definition) is 0. The van der Waals surface area contributed by atoms with Crippen molar-refractivity contribution in [1.29, 1.82) is 0 Å². The third-order valence-electron chi connectivity index (χ3n) is 12.4. The summed E-state index contributed by atoms with van der Waals surface area (Å²) in [4.78, 5) is 38.3. The molecule has 1 unspecified atom stereocenters. The van der Waals surface area contributed by atoms with Gasteiger partial charge in [-0.25, -0.2) is 0 Å². The molecule has 0 aromatic carbocycles. The van der Waals surface area contributed by atoms with Crippen molar-refractivity contribution in [1.82, 2.24) is 0 Å². The average molecular weight is 1090 g/mol. The number of esters is 3. The minimum Gasteiger partial charge on any atom is -0.462 e. The number of rotatable bonds is 54. The highest BCUT2D eigenvalue weighted by molar-refractivity contribution is 5.71. The van der Waals surface area contributed by atoms with Crippen LogP contribution >= 0.6 is 0 Å². The lowest BCUT2D eigenvalue weighted by atomic mass is 10.1. The van der Waals surface area contributed by atoms with Crippen LogP contribution in [0.4, 0.5) is 0 Å². The van der Waals surface area contributed by atoms with Crippen LogP contribution in [0.1, 0.15) is 239 Å². The van der Waals surface area contributed by atoms with Gasteiger partial charge in [-0.05, 0) is 154 Å². The van der Waals surface area contributed by atoms with Gasteiger partial charge in [0, 0.05) is 19.3 Å². The van der Waals surface area contributed by atoms with Crippen LogP contribution in [-0.4, -0.2) is 37.2 Å². The van der Waals surface area contributed by atoms with E-state index in [2.05, 4.69) is 203 Å². The van der Waals surface area contributed by atoms with E-state index in [0.717, 1.165) is 167 Å². The van der Waals surface area contributed by atoms with Crippen molar-refractivity contribution >= 4 is 17.9 Å². The number of carbonyl (C=O) groups excluding carboxylic acids is 3. The van der Waals surface area contributed by atoms with Gasteiger partial charge in [-0.15, -0.1) is 0 Å². The highest BCUT2D eigenvalue weighted by atomic mass is 16.6. The van der Waals surface area contributed by atoms with Crippen LogP contribution in [0.5, 0.6) is 0 Å². The maximum Gasteiger partial charge on any atom is 0.306 e. The summed E-state index contributed by atoms with van der Waals surface area (Å²) in [6, 6.07) is 0. The number of carbonyl (C=O) groups is 3. The zero-order chi connectivity index (χ0) is 57.1. The molecule has 0 fully saturated rings. The Kier molecular flexibility index (Phi) is 60.5. The molecule has 6 heteroatoms. The lowest BCUT2D eigenvalue weighted by molar-refractivity contribution is -0.167. The van der Waals surface area contributed by atoms with Gasteiger partial charge >= 0.3 is 17.9 Å². The fourth-order valence-electron chi connectivity index (χ4n) is 7.76. The molecule has 0 amide bonds. The van der Waals surface area contributed by atoms with Crippen LogP contribution < -0.4 is 0 Å². The Bertz CT molecular complexity index is 1870. The van der Waals surface area contributed by atoms with E-state index in [0.29, 0.717) is 12.8 Å². The predicted molar refractivity (Wildman–Crippen MR) is 343 cm³/mol. The molecular weight excluding hydrogens is 973 g/mol. The second-order valence-electron chi connectivity index (χ2n) is 19.8. The van der Waals surface area contributed by atoms with E-state index < -0.39 is 6.10 Å². The second kappa shape index (κ2) is 65.0. The van der Waals surface area contributed by atoms with Gasteiger partial charge in [0.2, 0.25) is 0 Å². The Hall–Kier alpha value is -5.49. The highest BCUT2D eigenvalue weighted by Gasteiger charge is 2.19. The van der Waals surface area contributed by atoms with Gasteiger partial charge in [-0.1, -0.05) is 248 Å². The quantitative estimate of drug-likeness (QED) is 0.0261. The molecule has 0 heterocycles. The summed E-state index contributed by atoms with van der Waals surface area (Å²) in [5, 5.41) is 0. The van der Waals surface area contributed by atoms with Crippen molar-refractivity contribution in [3.8, 4) is 0 Å². The monoisotopic (exact) mass is 1080 g/mol. The lowest BCUT2D eigenvalue weighted by Gasteiger charge is -2.18. The van der Waals surface area contributed by atoms with Gasteiger partial charge in [-0.3, -0.25) is 14.4 Å². The first-order valence-corrected chi connectivity index (χ1v) is 31.3. The van der Waals surface area contributed by atoms with E-state index in [1.54, 1.807) is 0 Å². The molecule has 6 nitrogen and oxygen atoms in total. The second-order valence-corrected chi connectivity index (χ2v) is 19.8. The molecule has 440 valence electrons. The summed E-state index contributed by atoms with van der Waals surface area (Å²) in [7, 11) is 0. The van der Waals surface area contributed by atoms with E-state index in [1.807, 2.05) is 0 Å². The van der Waals surface area contributed by atoms with Crippen LogP contribution in [0.3, 0.4) is 0 Å². The number of allylic oxidation sites excluding steroid dienone is 30. The third kappa shape index (κ3) is 63.2. The molecular formula is C73H112O6. The van der Waals surface area contributed by atoms with Crippen molar-refractivity contribution in [3.05, 3.63) is 182 Å². The standard InChI is InChI=1S/C73H112O6/c1-4-7-10-13-16-19-22-25-28-30-32-34-36-38-40-42-45-48-51-54-57-60-63-66-72(75)78-69-70(68-77-71(74)65-62-59-56-53-50-47-44-27-24-21-18-15-12-9-6-3)79-73(76)67-64-61-58-55-52-49-46-43-41-39-37-35-33-31-29-26-23-20-17-14-11-8-5-2/h7-8,10-11,16-21,25-29,32-35,38-41,44-46,48-49,54,57,70H,4-6,9,12-15,22-24,30-31,36-37,42-43,47,50-53,55-56,58-69H2,1-3H3/b10-7-,11-8-,19-16-,20-17-,21-18-,28-25-,29-26-,34-32-,35-33-,40-38-,41-39-,44-27-,48-45-,49-46-,57-54-. The van der Waals surface area contributed by atoms with Crippen LogP contribution in [-0.2, 0) is 28.6 Å². The number of ether oxygens (including phenoxy) is 3. The zero-order valence-electron chi connectivity index (χ0n) is 50.3. The first-order chi connectivity index (χ1) is 39.0. The van der Waals surface area contributed by atoms with Gasteiger partial charge in [0.1, 0.15) is 13.2 Å². The molecule has 0 spiro atoms. The summed E-state index contributed by atoms with van der Waals surface area (Å²) in [6.07, 6.45) is 97.5. The van der Waals surface area contributed by atoms with E-state index >= 15 is 0 Å². The van der Waals surface area contributed by atoms with Gasteiger partial charge in [-0.2, -0.15) is 0 Å². The largest absolute Gasteiger partial charge is 0.462 e. The first kappa shape index (κ1) is 73.5. The smallest absolute Gasteiger partial charge is 0.306 e. The molecule has 0 N–H and O–H groups in total. The molecule has 0 rings (SSSR count). The topological polar surface area (TPSA) is 78.9 Å². The summed E-state index contributed by atoms with van der Waals surface area (Å²) in [6.45, 7) is 6.29. The van der Waals surface area contributed by atoms with Crippen molar-refractivity contribution < 1.29 is 28.6 Å². The normalized spacial score (nSPS) is 13.4. The van der Waals surface area contributed by atoms with E-state index in [4.69, 9.17) is 14.2 Å². The zero-order valence-corrected chi connectivity index (χ0v) is 50.3.